The van der Waals surface area contributed by atoms with Gasteiger partial charge in [-0.25, -0.2) is 0 Å². The fraction of sp³-hybridized carbons (Fsp3) is 0.600. The summed E-state index contributed by atoms with van der Waals surface area (Å²) < 4.78 is 37.3. The quantitative estimate of drug-likeness (QED) is 0.861. The van der Waals surface area contributed by atoms with Gasteiger partial charge in [-0.2, -0.15) is 24.9 Å². The van der Waals surface area contributed by atoms with E-state index in [9.17, 15) is 13.2 Å². The molecule has 2 unspecified atom stereocenters. The van der Waals surface area contributed by atoms with E-state index >= 15 is 0 Å². The van der Waals surface area contributed by atoms with Gasteiger partial charge in [0, 0.05) is 17.8 Å². The Hall–Kier alpha value is -0.680. The second-order valence-corrected chi connectivity index (χ2v) is 6.74. The van der Waals surface area contributed by atoms with E-state index in [2.05, 4.69) is 12.2 Å². The molecule has 1 N–H and O–H groups in total. The van der Waals surface area contributed by atoms with Crippen molar-refractivity contribution in [3.63, 3.8) is 0 Å². The van der Waals surface area contributed by atoms with Gasteiger partial charge in [0.15, 0.2) is 0 Å². The van der Waals surface area contributed by atoms with Crippen LogP contribution in [0.4, 0.5) is 13.2 Å². The van der Waals surface area contributed by atoms with Gasteiger partial charge in [-0.15, -0.1) is 0 Å². The summed E-state index contributed by atoms with van der Waals surface area (Å²) in [5.41, 5.74) is 0.325. The van der Waals surface area contributed by atoms with E-state index in [4.69, 9.17) is 0 Å². The zero-order valence-electron chi connectivity index (χ0n) is 11.5. The van der Waals surface area contributed by atoms with Crippen LogP contribution in [-0.2, 0) is 12.7 Å². The summed E-state index contributed by atoms with van der Waals surface area (Å²) in [6.45, 7) is 2.82. The molecule has 1 aliphatic carbocycles. The Balaban J connectivity index is 1.80. The van der Waals surface area contributed by atoms with Crippen LogP contribution in [0.15, 0.2) is 24.3 Å². The van der Waals surface area contributed by atoms with Gasteiger partial charge in [0.2, 0.25) is 0 Å². The van der Waals surface area contributed by atoms with Gasteiger partial charge in [0.1, 0.15) is 0 Å². The molecule has 1 aromatic rings. The summed E-state index contributed by atoms with van der Waals surface area (Å²) in [6, 6.07) is 5.93. The molecule has 112 valence electrons. The zero-order valence-corrected chi connectivity index (χ0v) is 12.4. The highest BCUT2D eigenvalue weighted by Crippen LogP contribution is 2.30. The topological polar surface area (TPSA) is 12.0 Å². The first-order chi connectivity index (χ1) is 9.49. The number of halogens is 3. The van der Waals surface area contributed by atoms with Gasteiger partial charge in [-0.05, 0) is 42.7 Å². The largest absolute Gasteiger partial charge is 0.416 e. The van der Waals surface area contributed by atoms with E-state index < -0.39 is 11.7 Å². The monoisotopic (exact) mass is 303 g/mol. The van der Waals surface area contributed by atoms with Crippen molar-refractivity contribution < 1.29 is 13.2 Å². The molecule has 0 heterocycles. The molecule has 1 aromatic carbocycles. The highest BCUT2D eigenvalue weighted by Gasteiger charge is 2.30. The summed E-state index contributed by atoms with van der Waals surface area (Å²) in [6.07, 6.45) is -0.678. The van der Waals surface area contributed by atoms with Crippen LogP contribution >= 0.6 is 11.8 Å². The molecule has 1 saturated carbocycles. The molecule has 0 amide bonds. The van der Waals surface area contributed by atoms with E-state index in [1.807, 2.05) is 11.8 Å². The number of thioether (sulfide) groups is 1. The lowest BCUT2D eigenvalue weighted by Gasteiger charge is -2.13. The van der Waals surface area contributed by atoms with Crippen molar-refractivity contribution in [2.45, 2.75) is 50.2 Å². The first-order valence-electron chi connectivity index (χ1n) is 7.00. The number of benzene rings is 1. The van der Waals surface area contributed by atoms with Crippen molar-refractivity contribution >= 4 is 11.8 Å². The molecule has 1 fully saturated rings. The van der Waals surface area contributed by atoms with Gasteiger partial charge < -0.3 is 5.32 Å². The van der Waals surface area contributed by atoms with Gasteiger partial charge >= 0.3 is 6.18 Å². The molecule has 2 atom stereocenters. The second kappa shape index (κ2) is 6.85. The van der Waals surface area contributed by atoms with Crippen LogP contribution in [0.5, 0.6) is 0 Å². The Morgan fingerprint density at radius 2 is 1.90 bits per heavy atom. The normalized spacial score (nSPS) is 23.2. The third kappa shape index (κ3) is 4.42. The molecular formula is C15H20F3NS. The van der Waals surface area contributed by atoms with Crippen molar-refractivity contribution in [3.05, 3.63) is 35.4 Å². The number of alkyl halides is 3. The molecular weight excluding hydrogens is 283 g/mol. The smallest absolute Gasteiger partial charge is 0.310 e. The van der Waals surface area contributed by atoms with Crippen LogP contribution in [0.1, 0.15) is 37.3 Å². The molecule has 0 saturated heterocycles. The predicted octanol–water partition coefficient (Wildman–Crippen LogP) is 4.47. The number of rotatable bonds is 5. The SMILES string of the molecule is CCSC1CCC(NCc2ccc(C(F)(F)F)cc2)C1. The van der Waals surface area contributed by atoms with E-state index in [0.717, 1.165) is 35.1 Å². The lowest BCUT2D eigenvalue weighted by atomic mass is 10.1. The molecule has 2 rings (SSSR count). The Labute approximate surface area is 122 Å². The van der Waals surface area contributed by atoms with Crippen LogP contribution in [0.2, 0.25) is 0 Å². The molecule has 1 aliphatic rings. The summed E-state index contributed by atoms with van der Waals surface area (Å²) in [5, 5.41) is 4.19. The second-order valence-electron chi connectivity index (χ2n) is 5.16. The Morgan fingerprint density at radius 1 is 1.20 bits per heavy atom. The number of hydrogen-bond acceptors (Lipinski definition) is 2. The minimum Gasteiger partial charge on any atom is -0.310 e. The zero-order chi connectivity index (χ0) is 14.6. The maximum atomic E-state index is 12.4. The number of nitrogens with one attached hydrogen (secondary N) is 1. The molecule has 0 bridgehead atoms. The highest BCUT2D eigenvalue weighted by atomic mass is 32.2. The molecule has 0 aromatic heterocycles. The maximum Gasteiger partial charge on any atom is 0.416 e. The predicted molar refractivity (Wildman–Crippen MR) is 77.8 cm³/mol. The van der Waals surface area contributed by atoms with E-state index in [1.165, 1.54) is 12.8 Å². The van der Waals surface area contributed by atoms with Crippen LogP contribution < -0.4 is 5.32 Å². The average molecular weight is 303 g/mol. The highest BCUT2D eigenvalue weighted by molar-refractivity contribution is 7.99. The van der Waals surface area contributed by atoms with Crippen molar-refractivity contribution in [3.8, 4) is 0 Å². The first kappa shape index (κ1) is 15.7. The third-order valence-electron chi connectivity index (χ3n) is 3.66. The molecule has 1 nitrogen and oxygen atoms in total. The first-order valence-corrected chi connectivity index (χ1v) is 8.05. The molecule has 5 heteroatoms. The van der Waals surface area contributed by atoms with Crippen LogP contribution in [-0.4, -0.2) is 17.0 Å². The van der Waals surface area contributed by atoms with E-state index in [0.29, 0.717) is 12.6 Å². The van der Waals surface area contributed by atoms with E-state index in [1.54, 1.807) is 12.1 Å². The van der Waals surface area contributed by atoms with Gasteiger partial charge in [0.05, 0.1) is 5.56 Å². The minimum absolute atomic E-state index is 0.501. The van der Waals surface area contributed by atoms with Crippen molar-refractivity contribution in [1.82, 2.24) is 5.32 Å². The lowest BCUT2D eigenvalue weighted by molar-refractivity contribution is -0.137. The summed E-state index contributed by atoms with van der Waals surface area (Å²) in [4.78, 5) is 0. The van der Waals surface area contributed by atoms with Crippen LogP contribution in [0.3, 0.4) is 0 Å². The summed E-state index contributed by atoms with van der Waals surface area (Å²) in [7, 11) is 0. The molecule has 0 spiro atoms. The Kier molecular flexibility index (Phi) is 5.38. The average Bonchev–Trinajstić information content (AvgIpc) is 2.84. The van der Waals surface area contributed by atoms with Gasteiger partial charge in [0.25, 0.3) is 0 Å². The van der Waals surface area contributed by atoms with Crippen LogP contribution in [0, 0.1) is 0 Å². The van der Waals surface area contributed by atoms with Crippen LogP contribution in [0.25, 0.3) is 0 Å². The molecule has 20 heavy (non-hydrogen) atoms. The van der Waals surface area contributed by atoms with Crippen molar-refractivity contribution in [2.75, 3.05) is 5.75 Å². The standard InChI is InChI=1S/C15H20F3NS/c1-2-20-14-8-7-13(9-14)19-10-11-3-5-12(6-4-11)15(16,17)18/h3-6,13-14,19H,2,7-10H2,1H3. The fourth-order valence-corrected chi connectivity index (χ4v) is 3.73. The van der Waals surface area contributed by atoms with E-state index in [-0.39, 0.29) is 0 Å². The van der Waals surface area contributed by atoms with Crippen molar-refractivity contribution in [1.29, 1.82) is 0 Å². The molecule has 0 aliphatic heterocycles. The van der Waals surface area contributed by atoms with Gasteiger partial charge in [-0.1, -0.05) is 19.1 Å². The maximum absolute atomic E-state index is 12.4. The number of hydrogen-bond donors (Lipinski definition) is 1. The third-order valence-corrected chi connectivity index (χ3v) is 4.90. The Morgan fingerprint density at radius 3 is 2.50 bits per heavy atom. The summed E-state index contributed by atoms with van der Waals surface area (Å²) in [5.74, 6) is 1.15. The fourth-order valence-electron chi connectivity index (χ4n) is 2.59. The lowest BCUT2D eigenvalue weighted by Crippen LogP contribution is -2.26. The Bertz CT molecular complexity index is 416. The minimum atomic E-state index is -4.25. The summed E-state index contributed by atoms with van der Waals surface area (Å²) >= 11 is 2.00. The van der Waals surface area contributed by atoms with Gasteiger partial charge in [-0.3, -0.25) is 0 Å². The molecule has 0 radical (unpaired) electrons. The van der Waals surface area contributed by atoms with Crippen molar-refractivity contribution in [2.24, 2.45) is 0 Å².